The van der Waals surface area contributed by atoms with Crippen LogP contribution in [0.4, 0.5) is 5.69 Å². The number of hydrogen-bond acceptors (Lipinski definition) is 2. The molecule has 1 aromatic heterocycles. The third-order valence-corrected chi connectivity index (χ3v) is 5.77. The van der Waals surface area contributed by atoms with Crippen molar-refractivity contribution < 1.29 is 9.53 Å². The molecule has 2 aromatic carbocycles. The molecule has 2 heterocycles. The van der Waals surface area contributed by atoms with E-state index in [2.05, 4.69) is 45.1 Å². The molecule has 6 heteroatoms. The lowest BCUT2D eigenvalue weighted by Crippen LogP contribution is -2.48. The molecule has 1 amide bonds. The summed E-state index contributed by atoms with van der Waals surface area (Å²) in [6, 6.07) is 11.3. The highest BCUT2D eigenvalue weighted by Crippen LogP contribution is 2.34. The average molecular weight is 434 g/mol. The fourth-order valence-electron chi connectivity index (χ4n) is 3.16. The number of anilines is 1. The molecule has 26 heavy (non-hydrogen) atoms. The Bertz CT molecular complexity index is 995. The maximum absolute atomic E-state index is 12.4. The van der Waals surface area contributed by atoms with Crippen molar-refractivity contribution in [2.45, 2.75) is 18.9 Å². The second-order valence-electron chi connectivity index (χ2n) is 6.93. The fraction of sp³-hybridized carbons (Fsp3) is 0.250. The zero-order valence-corrected chi connectivity index (χ0v) is 16.6. The van der Waals surface area contributed by atoms with Crippen molar-refractivity contribution in [3.05, 3.63) is 63.9 Å². The van der Waals surface area contributed by atoms with Gasteiger partial charge >= 0.3 is 0 Å². The predicted molar refractivity (Wildman–Crippen MR) is 108 cm³/mol. The number of carbonyl (C=O) groups excluding carboxylic acids is 1. The molecule has 0 spiro atoms. The van der Waals surface area contributed by atoms with Gasteiger partial charge in [0.05, 0.1) is 25.2 Å². The first-order valence-corrected chi connectivity index (χ1v) is 9.54. The summed E-state index contributed by atoms with van der Waals surface area (Å²) in [5, 5.41) is 5.75. The molecule has 4 nitrogen and oxygen atoms in total. The van der Waals surface area contributed by atoms with Gasteiger partial charge in [0.2, 0.25) is 5.91 Å². The lowest BCUT2D eigenvalue weighted by molar-refractivity contribution is -0.115. The summed E-state index contributed by atoms with van der Waals surface area (Å²) in [5.74, 6) is -0.0943. The number of nitrogens with one attached hydrogen (secondary N) is 1. The van der Waals surface area contributed by atoms with Crippen LogP contribution in [0.15, 0.2) is 53.3 Å². The lowest BCUT2D eigenvalue weighted by atomic mass is 10.0. The minimum Gasteiger partial charge on any atom is -0.376 e. The summed E-state index contributed by atoms with van der Waals surface area (Å²) in [5.41, 5.74) is 1.58. The molecule has 0 atom stereocenters. The van der Waals surface area contributed by atoms with E-state index >= 15 is 0 Å². The smallest absolute Gasteiger partial charge is 0.228 e. The van der Waals surface area contributed by atoms with Crippen LogP contribution < -0.4 is 5.32 Å². The van der Waals surface area contributed by atoms with Gasteiger partial charge in [-0.1, -0.05) is 45.7 Å². The molecular weight excluding hydrogens is 416 g/mol. The van der Waals surface area contributed by atoms with Crippen molar-refractivity contribution in [2.75, 3.05) is 18.5 Å². The van der Waals surface area contributed by atoms with Crippen LogP contribution in [-0.4, -0.2) is 23.7 Å². The van der Waals surface area contributed by atoms with E-state index in [9.17, 15) is 4.79 Å². The Labute approximate surface area is 165 Å². The Kier molecular flexibility index (Phi) is 4.55. The molecule has 1 saturated heterocycles. The van der Waals surface area contributed by atoms with Crippen molar-refractivity contribution in [3.63, 3.8) is 0 Å². The predicted octanol–water partition coefficient (Wildman–Crippen LogP) is 4.98. The van der Waals surface area contributed by atoms with E-state index in [4.69, 9.17) is 16.3 Å². The molecule has 1 aliphatic rings. The van der Waals surface area contributed by atoms with Gasteiger partial charge in [0.25, 0.3) is 0 Å². The summed E-state index contributed by atoms with van der Waals surface area (Å²) in [6.45, 7) is 3.61. The normalized spacial score (nSPS) is 15.7. The Morgan fingerprint density at radius 3 is 2.77 bits per heavy atom. The van der Waals surface area contributed by atoms with Gasteiger partial charge in [-0.05, 0) is 30.7 Å². The quantitative estimate of drug-likeness (QED) is 0.630. The number of fused-ring (bicyclic) bond motifs is 1. The van der Waals surface area contributed by atoms with Gasteiger partial charge in [-0.2, -0.15) is 0 Å². The molecule has 0 bridgehead atoms. The molecule has 4 rings (SSSR count). The molecule has 134 valence electrons. The molecular formula is C20H18BrClN2O2. The topological polar surface area (TPSA) is 43.3 Å². The second kappa shape index (κ2) is 6.72. The van der Waals surface area contributed by atoms with Gasteiger partial charge < -0.3 is 14.6 Å². The van der Waals surface area contributed by atoms with Crippen molar-refractivity contribution in [3.8, 4) is 0 Å². The van der Waals surface area contributed by atoms with Gasteiger partial charge in [-0.15, -0.1) is 0 Å². The number of benzene rings is 2. The number of nitrogens with zero attached hydrogens (tertiary/aromatic N) is 1. The highest BCUT2D eigenvalue weighted by molar-refractivity contribution is 9.10. The first-order valence-electron chi connectivity index (χ1n) is 8.37. The van der Waals surface area contributed by atoms with Crippen LogP contribution in [0.1, 0.15) is 12.5 Å². The second-order valence-corrected chi connectivity index (χ2v) is 8.19. The van der Waals surface area contributed by atoms with E-state index in [1.807, 2.05) is 30.3 Å². The van der Waals surface area contributed by atoms with Crippen LogP contribution >= 0.6 is 27.5 Å². The maximum atomic E-state index is 12.4. The van der Waals surface area contributed by atoms with E-state index in [1.54, 1.807) is 6.07 Å². The van der Waals surface area contributed by atoms with Crippen LogP contribution in [0.25, 0.3) is 10.8 Å². The van der Waals surface area contributed by atoms with Gasteiger partial charge in [-0.25, -0.2) is 0 Å². The van der Waals surface area contributed by atoms with Gasteiger partial charge in [-0.3, -0.25) is 4.79 Å². The fourth-order valence-corrected chi connectivity index (χ4v) is 3.94. The summed E-state index contributed by atoms with van der Waals surface area (Å²) in [7, 11) is 0. The third kappa shape index (κ3) is 3.27. The number of rotatable bonds is 4. The summed E-state index contributed by atoms with van der Waals surface area (Å²) >= 11 is 9.76. The van der Waals surface area contributed by atoms with Gasteiger partial charge in [0, 0.05) is 38.3 Å². The molecule has 1 N–H and O–H groups in total. The third-order valence-electron chi connectivity index (χ3n) is 4.75. The summed E-state index contributed by atoms with van der Waals surface area (Å²) in [4.78, 5) is 12.4. The number of halogens is 2. The first-order chi connectivity index (χ1) is 12.4. The molecule has 0 aliphatic carbocycles. The maximum Gasteiger partial charge on any atom is 0.228 e. The van der Waals surface area contributed by atoms with Crippen LogP contribution in [-0.2, 0) is 21.5 Å². The highest BCUT2D eigenvalue weighted by atomic mass is 79.9. The molecule has 1 fully saturated rings. The number of ether oxygens (including phenoxy) is 1. The van der Waals surface area contributed by atoms with Crippen LogP contribution in [0, 0.1) is 0 Å². The van der Waals surface area contributed by atoms with Crippen molar-refractivity contribution in [1.82, 2.24) is 4.57 Å². The van der Waals surface area contributed by atoms with Crippen LogP contribution in [0.2, 0.25) is 5.02 Å². The average Bonchev–Trinajstić information content (AvgIpc) is 2.99. The SMILES string of the molecule is CC1(n2cc3cc(NC(=O)Cc4ccccc4Cl)cc(Br)c3c2)COC1. The zero-order chi connectivity index (χ0) is 18.3. The monoisotopic (exact) mass is 432 g/mol. The van der Waals surface area contributed by atoms with Crippen molar-refractivity contribution in [1.29, 1.82) is 0 Å². The first kappa shape index (κ1) is 17.6. The Hall–Kier alpha value is -1.82. The Balaban J connectivity index is 1.57. The van der Waals surface area contributed by atoms with Gasteiger partial charge in [0.15, 0.2) is 0 Å². The molecule has 1 aliphatic heterocycles. The Morgan fingerprint density at radius 2 is 2.08 bits per heavy atom. The van der Waals surface area contributed by atoms with Crippen molar-refractivity contribution in [2.24, 2.45) is 0 Å². The molecule has 0 unspecified atom stereocenters. The van der Waals surface area contributed by atoms with E-state index in [0.29, 0.717) is 18.2 Å². The van der Waals surface area contributed by atoms with Crippen LogP contribution in [0.5, 0.6) is 0 Å². The minimum atomic E-state index is -0.0943. The van der Waals surface area contributed by atoms with E-state index in [-0.39, 0.29) is 17.9 Å². The van der Waals surface area contributed by atoms with E-state index in [1.165, 1.54) is 0 Å². The number of amides is 1. The minimum absolute atomic E-state index is 0.00588. The standard InChI is InChI=1S/C20H18BrClN2O2/c1-20(11-26-12-20)24-9-14-6-15(8-17(21)16(14)10-24)23-19(25)7-13-4-2-3-5-18(13)22/h2-6,8-10H,7,11-12H2,1H3,(H,23,25). The number of hydrogen-bond donors (Lipinski definition) is 1. The molecule has 3 aromatic rings. The lowest BCUT2D eigenvalue weighted by Gasteiger charge is -2.39. The van der Waals surface area contributed by atoms with Crippen molar-refractivity contribution >= 4 is 49.9 Å². The van der Waals surface area contributed by atoms with Crippen LogP contribution in [0.3, 0.4) is 0 Å². The number of aromatic nitrogens is 1. The van der Waals surface area contributed by atoms with Gasteiger partial charge in [0.1, 0.15) is 0 Å². The number of carbonyl (C=O) groups is 1. The zero-order valence-electron chi connectivity index (χ0n) is 14.3. The van der Waals surface area contributed by atoms with E-state index < -0.39 is 0 Å². The molecule has 0 radical (unpaired) electrons. The largest absolute Gasteiger partial charge is 0.376 e. The summed E-state index contributed by atoms with van der Waals surface area (Å²) < 4.78 is 8.51. The molecule has 0 saturated carbocycles. The Morgan fingerprint density at radius 1 is 1.31 bits per heavy atom. The highest BCUT2D eigenvalue weighted by Gasteiger charge is 2.35. The summed E-state index contributed by atoms with van der Waals surface area (Å²) in [6.07, 6.45) is 4.47. The van der Waals surface area contributed by atoms with E-state index in [0.717, 1.165) is 26.5 Å².